The van der Waals surface area contributed by atoms with Gasteiger partial charge in [-0.15, -0.1) is 0 Å². The lowest BCUT2D eigenvalue weighted by Crippen LogP contribution is -2.14. The van der Waals surface area contributed by atoms with Gasteiger partial charge in [-0.3, -0.25) is 4.98 Å². The van der Waals surface area contributed by atoms with Crippen LogP contribution in [0, 0.1) is 0 Å². The number of nitrogens with one attached hydrogen (secondary N) is 1. The van der Waals surface area contributed by atoms with Crippen LogP contribution in [0.3, 0.4) is 0 Å². The van der Waals surface area contributed by atoms with Crippen LogP contribution in [0.5, 0.6) is 0 Å². The van der Waals surface area contributed by atoms with Crippen molar-refractivity contribution in [2.24, 2.45) is 0 Å². The van der Waals surface area contributed by atoms with Gasteiger partial charge in [0.05, 0.1) is 12.1 Å². The number of methoxy groups -OCH3 is 1. The Morgan fingerprint density at radius 3 is 2.58 bits per heavy atom. The first kappa shape index (κ1) is 13.8. The zero-order valence-electron chi connectivity index (χ0n) is 12.4. The lowest BCUT2D eigenvalue weighted by Gasteiger charge is -2.20. The number of aromatic nitrogens is 1. The van der Waals surface area contributed by atoms with Crippen LogP contribution in [-0.4, -0.2) is 19.1 Å². The highest BCUT2D eigenvalue weighted by Crippen LogP contribution is 2.30. The molecule has 0 bridgehead atoms. The molecule has 102 valence electrons. The molecule has 1 heterocycles. The monoisotopic (exact) mass is 258 g/mol. The molecule has 2 aromatic rings. The maximum Gasteiger partial charge on any atom is 0.0781 e. The lowest BCUT2D eigenvalue weighted by atomic mass is 9.90. The minimum Gasteiger partial charge on any atom is -0.388 e. The highest BCUT2D eigenvalue weighted by Gasteiger charge is 2.18. The second kappa shape index (κ2) is 5.17. The summed E-state index contributed by atoms with van der Waals surface area (Å²) in [6.45, 7) is 7.12. The highest BCUT2D eigenvalue weighted by molar-refractivity contribution is 5.93. The fourth-order valence-corrected chi connectivity index (χ4v) is 2.17. The molecule has 1 aromatic carbocycles. The summed E-state index contributed by atoms with van der Waals surface area (Å²) in [5.41, 5.74) is 4.39. The molecule has 0 amide bonds. The summed E-state index contributed by atoms with van der Waals surface area (Å²) in [5, 5.41) is 4.41. The first-order chi connectivity index (χ1) is 8.97. The molecule has 2 rings (SSSR count). The van der Waals surface area contributed by atoms with Crippen molar-refractivity contribution >= 4 is 16.6 Å². The number of benzene rings is 1. The molecule has 0 saturated carbocycles. The van der Waals surface area contributed by atoms with E-state index < -0.39 is 0 Å². The Morgan fingerprint density at radius 1 is 1.26 bits per heavy atom. The van der Waals surface area contributed by atoms with Gasteiger partial charge in [-0.2, -0.15) is 0 Å². The predicted molar refractivity (Wildman–Crippen MR) is 80.7 cm³/mol. The molecular weight excluding hydrogens is 236 g/mol. The quantitative estimate of drug-likeness (QED) is 0.911. The number of anilines is 1. The van der Waals surface area contributed by atoms with Crippen LogP contribution in [0.2, 0.25) is 0 Å². The van der Waals surface area contributed by atoms with Crippen molar-refractivity contribution in [3.8, 4) is 0 Å². The molecular formula is C16H22N2O. The number of rotatable bonds is 3. The van der Waals surface area contributed by atoms with E-state index in [0.29, 0.717) is 6.61 Å². The number of nitrogens with zero attached hydrogens (tertiary/aromatic N) is 1. The van der Waals surface area contributed by atoms with Gasteiger partial charge in [0.15, 0.2) is 0 Å². The van der Waals surface area contributed by atoms with Gasteiger partial charge in [-0.25, -0.2) is 0 Å². The van der Waals surface area contributed by atoms with Crippen molar-refractivity contribution in [1.82, 2.24) is 4.98 Å². The number of fused-ring (bicyclic) bond motifs is 1. The summed E-state index contributed by atoms with van der Waals surface area (Å²) >= 11 is 0. The van der Waals surface area contributed by atoms with Crippen molar-refractivity contribution in [2.45, 2.75) is 32.8 Å². The molecule has 0 fully saturated rings. The largest absolute Gasteiger partial charge is 0.388 e. The number of para-hydroxylation sites is 1. The third-order valence-electron chi connectivity index (χ3n) is 3.26. The first-order valence-electron chi connectivity index (χ1n) is 6.57. The number of hydrogen-bond donors (Lipinski definition) is 1. The van der Waals surface area contributed by atoms with E-state index in [1.807, 2.05) is 7.05 Å². The van der Waals surface area contributed by atoms with Gasteiger partial charge in [0.25, 0.3) is 0 Å². The van der Waals surface area contributed by atoms with Crippen molar-refractivity contribution in [3.05, 3.63) is 35.5 Å². The normalized spacial score (nSPS) is 11.8. The molecule has 0 spiro atoms. The third-order valence-corrected chi connectivity index (χ3v) is 3.26. The molecule has 0 aliphatic heterocycles. The van der Waals surface area contributed by atoms with Gasteiger partial charge in [-0.05, 0) is 6.07 Å². The molecule has 0 radical (unpaired) electrons. The fraction of sp³-hybridized carbons (Fsp3) is 0.438. The second-order valence-electron chi connectivity index (χ2n) is 5.80. The summed E-state index contributed by atoms with van der Waals surface area (Å²) in [6.07, 6.45) is 0. The second-order valence-corrected chi connectivity index (χ2v) is 5.80. The Morgan fingerprint density at radius 2 is 2.00 bits per heavy atom. The summed E-state index contributed by atoms with van der Waals surface area (Å²) in [4.78, 5) is 4.85. The molecule has 19 heavy (non-hydrogen) atoms. The Bertz CT molecular complexity index is 585. The SMILES string of the molecule is CNc1cc(C(C)(C)C)nc2c(COC)cccc12. The van der Waals surface area contributed by atoms with Crippen molar-refractivity contribution in [1.29, 1.82) is 0 Å². The molecule has 0 saturated heterocycles. The van der Waals surface area contributed by atoms with Crippen LogP contribution in [0.25, 0.3) is 10.9 Å². The predicted octanol–water partition coefficient (Wildman–Crippen LogP) is 3.72. The Kier molecular flexibility index (Phi) is 3.76. The van der Waals surface area contributed by atoms with E-state index in [0.717, 1.165) is 27.8 Å². The summed E-state index contributed by atoms with van der Waals surface area (Å²) < 4.78 is 5.27. The lowest BCUT2D eigenvalue weighted by molar-refractivity contribution is 0.186. The Hall–Kier alpha value is -1.61. The minimum atomic E-state index is 0.0278. The van der Waals surface area contributed by atoms with E-state index in [9.17, 15) is 0 Å². The van der Waals surface area contributed by atoms with E-state index in [-0.39, 0.29) is 5.41 Å². The molecule has 0 atom stereocenters. The van der Waals surface area contributed by atoms with Crippen LogP contribution in [0.15, 0.2) is 24.3 Å². The minimum absolute atomic E-state index is 0.0278. The average Bonchev–Trinajstić information content (AvgIpc) is 2.37. The standard InChI is InChI=1S/C16H22N2O/c1-16(2,3)14-9-13(17-4)12-8-6-7-11(10-19-5)15(12)18-14/h6-9H,10H2,1-5H3,(H,17,18). The van der Waals surface area contributed by atoms with Crippen LogP contribution >= 0.6 is 0 Å². The number of hydrogen-bond acceptors (Lipinski definition) is 3. The number of pyridine rings is 1. The van der Waals surface area contributed by atoms with Crippen molar-refractivity contribution in [3.63, 3.8) is 0 Å². The maximum atomic E-state index is 5.27. The molecule has 0 aliphatic carbocycles. The van der Waals surface area contributed by atoms with Crippen LogP contribution in [-0.2, 0) is 16.8 Å². The zero-order chi connectivity index (χ0) is 14.0. The van der Waals surface area contributed by atoms with E-state index >= 15 is 0 Å². The van der Waals surface area contributed by atoms with Crippen LogP contribution in [0.1, 0.15) is 32.0 Å². The van der Waals surface area contributed by atoms with E-state index in [4.69, 9.17) is 9.72 Å². The number of ether oxygens (including phenoxy) is 1. The topological polar surface area (TPSA) is 34.2 Å². The van der Waals surface area contributed by atoms with Gasteiger partial charge in [0.1, 0.15) is 0 Å². The van der Waals surface area contributed by atoms with Gasteiger partial charge in [0.2, 0.25) is 0 Å². The maximum absolute atomic E-state index is 5.27. The molecule has 1 aromatic heterocycles. The van der Waals surface area contributed by atoms with Crippen LogP contribution in [0.4, 0.5) is 5.69 Å². The van der Waals surface area contributed by atoms with Gasteiger partial charge >= 0.3 is 0 Å². The van der Waals surface area contributed by atoms with E-state index in [1.54, 1.807) is 7.11 Å². The summed E-state index contributed by atoms with van der Waals surface area (Å²) in [5.74, 6) is 0. The van der Waals surface area contributed by atoms with Crippen molar-refractivity contribution in [2.75, 3.05) is 19.5 Å². The van der Waals surface area contributed by atoms with E-state index in [1.165, 1.54) is 0 Å². The van der Waals surface area contributed by atoms with Gasteiger partial charge < -0.3 is 10.1 Å². The molecule has 3 heteroatoms. The average molecular weight is 258 g/mol. The molecule has 1 N–H and O–H groups in total. The summed E-state index contributed by atoms with van der Waals surface area (Å²) in [7, 11) is 3.66. The first-order valence-corrected chi connectivity index (χ1v) is 6.57. The molecule has 0 aliphatic rings. The Labute approximate surface area is 115 Å². The highest BCUT2D eigenvalue weighted by atomic mass is 16.5. The summed E-state index contributed by atoms with van der Waals surface area (Å²) in [6, 6.07) is 8.36. The van der Waals surface area contributed by atoms with Gasteiger partial charge in [0, 0.05) is 41.9 Å². The van der Waals surface area contributed by atoms with E-state index in [2.05, 4.69) is 50.4 Å². The van der Waals surface area contributed by atoms with Crippen molar-refractivity contribution < 1.29 is 4.74 Å². The van der Waals surface area contributed by atoms with Crippen LogP contribution < -0.4 is 5.32 Å². The Balaban J connectivity index is 2.74. The van der Waals surface area contributed by atoms with Gasteiger partial charge in [-0.1, -0.05) is 39.0 Å². The zero-order valence-corrected chi connectivity index (χ0v) is 12.4. The molecule has 0 unspecified atom stereocenters. The smallest absolute Gasteiger partial charge is 0.0781 e. The molecule has 3 nitrogen and oxygen atoms in total. The third kappa shape index (κ3) is 2.71. The fourth-order valence-electron chi connectivity index (χ4n) is 2.17.